The first-order valence-corrected chi connectivity index (χ1v) is 5.97. The van der Waals surface area contributed by atoms with Crippen LogP contribution in [0.25, 0.3) is 12.2 Å². The summed E-state index contributed by atoms with van der Waals surface area (Å²) in [6.45, 7) is 0. The Morgan fingerprint density at radius 3 is 2.21 bits per heavy atom. The van der Waals surface area contributed by atoms with Crippen LogP contribution in [0.5, 0.6) is 0 Å². The van der Waals surface area contributed by atoms with Crippen molar-refractivity contribution in [3.8, 4) is 0 Å². The number of anilines is 1. The maximum Gasteiger partial charge on any atom is 0.166 e. The maximum absolute atomic E-state index is 13.4. The van der Waals surface area contributed by atoms with E-state index in [2.05, 4.69) is 0 Å². The second-order valence-electron chi connectivity index (χ2n) is 4.46. The normalized spacial score (nSPS) is 10.9. The van der Waals surface area contributed by atoms with Crippen LogP contribution in [0.1, 0.15) is 11.1 Å². The van der Waals surface area contributed by atoms with Gasteiger partial charge in [0, 0.05) is 25.3 Å². The largest absolute Gasteiger partial charge is 0.378 e. The lowest BCUT2D eigenvalue weighted by molar-refractivity contribution is 0.507. The van der Waals surface area contributed by atoms with E-state index >= 15 is 0 Å². The molecule has 0 amide bonds. The maximum atomic E-state index is 13.4. The van der Waals surface area contributed by atoms with Crippen LogP contribution >= 0.6 is 0 Å². The molecule has 2 aromatic rings. The molecule has 0 aromatic heterocycles. The lowest BCUT2D eigenvalue weighted by Gasteiger charge is -2.11. The minimum Gasteiger partial charge on any atom is -0.378 e. The summed E-state index contributed by atoms with van der Waals surface area (Å²) in [5, 5.41) is 0. The topological polar surface area (TPSA) is 3.24 Å². The SMILES string of the molecule is CN(C)c1ccc(/C=C/c2cccc(F)c2F)cc1. The van der Waals surface area contributed by atoms with Crippen molar-refractivity contribution in [3.63, 3.8) is 0 Å². The molecular weight excluding hydrogens is 244 g/mol. The van der Waals surface area contributed by atoms with Gasteiger partial charge in [-0.1, -0.05) is 36.4 Å². The fourth-order valence-corrected chi connectivity index (χ4v) is 1.72. The average Bonchev–Trinajstić information content (AvgIpc) is 2.41. The number of hydrogen-bond donors (Lipinski definition) is 0. The zero-order valence-electron chi connectivity index (χ0n) is 10.9. The predicted octanol–water partition coefficient (Wildman–Crippen LogP) is 4.20. The Kier molecular flexibility index (Phi) is 3.95. The fourth-order valence-electron chi connectivity index (χ4n) is 1.72. The molecule has 0 spiro atoms. The predicted molar refractivity (Wildman–Crippen MR) is 76.1 cm³/mol. The van der Waals surface area contributed by atoms with Crippen molar-refractivity contribution in [3.05, 3.63) is 65.2 Å². The van der Waals surface area contributed by atoms with Crippen LogP contribution in [0.3, 0.4) is 0 Å². The Morgan fingerprint density at radius 2 is 1.58 bits per heavy atom. The van der Waals surface area contributed by atoms with E-state index in [1.807, 2.05) is 43.3 Å². The molecule has 0 fully saturated rings. The zero-order valence-corrected chi connectivity index (χ0v) is 10.9. The van der Waals surface area contributed by atoms with Crippen molar-refractivity contribution in [1.29, 1.82) is 0 Å². The van der Waals surface area contributed by atoms with Gasteiger partial charge in [-0.2, -0.15) is 0 Å². The second-order valence-corrected chi connectivity index (χ2v) is 4.46. The van der Waals surface area contributed by atoms with Crippen molar-refractivity contribution < 1.29 is 8.78 Å². The molecule has 19 heavy (non-hydrogen) atoms. The van der Waals surface area contributed by atoms with Crippen molar-refractivity contribution in [2.75, 3.05) is 19.0 Å². The summed E-state index contributed by atoms with van der Waals surface area (Å²) in [6, 6.07) is 12.0. The van der Waals surface area contributed by atoms with Crippen LogP contribution in [0.4, 0.5) is 14.5 Å². The van der Waals surface area contributed by atoms with Gasteiger partial charge in [0.1, 0.15) is 0 Å². The van der Waals surface area contributed by atoms with Gasteiger partial charge in [-0.25, -0.2) is 8.78 Å². The van der Waals surface area contributed by atoms with Crippen LogP contribution in [0.2, 0.25) is 0 Å². The molecule has 0 saturated heterocycles. The van der Waals surface area contributed by atoms with Gasteiger partial charge in [-0.15, -0.1) is 0 Å². The summed E-state index contributed by atoms with van der Waals surface area (Å²) < 4.78 is 26.5. The summed E-state index contributed by atoms with van der Waals surface area (Å²) in [4.78, 5) is 2.00. The van der Waals surface area contributed by atoms with Crippen LogP contribution in [0, 0.1) is 11.6 Å². The second kappa shape index (κ2) is 5.65. The highest BCUT2D eigenvalue weighted by atomic mass is 19.2. The third-order valence-electron chi connectivity index (χ3n) is 2.85. The smallest absolute Gasteiger partial charge is 0.166 e. The van der Waals surface area contributed by atoms with E-state index in [0.29, 0.717) is 0 Å². The van der Waals surface area contributed by atoms with Crippen LogP contribution in [-0.4, -0.2) is 14.1 Å². The number of rotatable bonds is 3. The van der Waals surface area contributed by atoms with E-state index in [1.54, 1.807) is 18.2 Å². The number of halogens is 2. The lowest BCUT2D eigenvalue weighted by atomic mass is 10.1. The highest BCUT2D eigenvalue weighted by Crippen LogP contribution is 2.17. The van der Waals surface area contributed by atoms with Gasteiger partial charge >= 0.3 is 0 Å². The molecule has 1 nitrogen and oxygen atoms in total. The van der Waals surface area contributed by atoms with E-state index in [1.165, 1.54) is 6.07 Å². The van der Waals surface area contributed by atoms with Crippen molar-refractivity contribution in [1.82, 2.24) is 0 Å². The highest BCUT2D eigenvalue weighted by Gasteiger charge is 2.03. The molecule has 0 aliphatic carbocycles. The Hall–Kier alpha value is -2.16. The standard InChI is InChI=1S/C16H15F2N/c1-19(2)14-10-7-12(8-11-14)6-9-13-4-3-5-15(17)16(13)18/h3-11H,1-2H3/b9-6+. The Bertz CT molecular complexity index is 586. The quantitative estimate of drug-likeness (QED) is 0.747. The average molecular weight is 259 g/mol. The first-order valence-electron chi connectivity index (χ1n) is 5.97. The number of hydrogen-bond acceptors (Lipinski definition) is 1. The van der Waals surface area contributed by atoms with Gasteiger partial charge in [0.25, 0.3) is 0 Å². The van der Waals surface area contributed by atoms with E-state index < -0.39 is 11.6 Å². The Labute approximate surface area is 111 Å². The molecule has 0 aliphatic rings. The highest BCUT2D eigenvalue weighted by molar-refractivity contribution is 5.70. The lowest BCUT2D eigenvalue weighted by Crippen LogP contribution is -2.07. The molecule has 0 bridgehead atoms. The summed E-state index contributed by atoms with van der Waals surface area (Å²) in [6.07, 6.45) is 3.33. The van der Waals surface area contributed by atoms with Gasteiger partial charge in [0.05, 0.1) is 0 Å². The molecule has 2 rings (SSSR count). The zero-order chi connectivity index (χ0) is 13.8. The fraction of sp³-hybridized carbons (Fsp3) is 0.125. The van der Waals surface area contributed by atoms with E-state index in [0.717, 1.165) is 17.3 Å². The Balaban J connectivity index is 2.20. The molecule has 0 radical (unpaired) electrons. The summed E-state index contributed by atoms with van der Waals surface area (Å²) >= 11 is 0. The van der Waals surface area contributed by atoms with Crippen LogP contribution in [0.15, 0.2) is 42.5 Å². The van der Waals surface area contributed by atoms with Gasteiger partial charge in [-0.3, -0.25) is 0 Å². The van der Waals surface area contributed by atoms with Crippen LogP contribution in [-0.2, 0) is 0 Å². The first-order chi connectivity index (χ1) is 9.08. The molecule has 3 heteroatoms. The monoisotopic (exact) mass is 259 g/mol. The molecular formula is C16H15F2N. The van der Waals surface area contributed by atoms with Gasteiger partial charge < -0.3 is 4.90 Å². The molecule has 0 heterocycles. The van der Waals surface area contributed by atoms with Crippen LogP contribution < -0.4 is 4.90 Å². The van der Waals surface area contributed by atoms with Gasteiger partial charge in [0.2, 0.25) is 0 Å². The molecule has 0 atom stereocenters. The van der Waals surface area contributed by atoms with Crippen molar-refractivity contribution >= 4 is 17.8 Å². The van der Waals surface area contributed by atoms with Crippen molar-refractivity contribution in [2.45, 2.75) is 0 Å². The minimum atomic E-state index is -0.829. The molecule has 98 valence electrons. The molecule has 0 unspecified atom stereocenters. The summed E-state index contributed by atoms with van der Waals surface area (Å²) in [7, 11) is 3.93. The van der Waals surface area contributed by atoms with E-state index in [4.69, 9.17) is 0 Å². The number of nitrogens with zero attached hydrogens (tertiary/aromatic N) is 1. The third-order valence-corrected chi connectivity index (χ3v) is 2.85. The van der Waals surface area contributed by atoms with Gasteiger partial charge in [0.15, 0.2) is 11.6 Å². The molecule has 2 aromatic carbocycles. The first kappa shape index (κ1) is 13.3. The molecule has 0 aliphatic heterocycles. The summed E-state index contributed by atoms with van der Waals surface area (Å²) in [5.74, 6) is -1.64. The van der Waals surface area contributed by atoms with Gasteiger partial charge in [-0.05, 0) is 23.8 Å². The minimum absolute atomic E-state index is 0.247. The van der Waals surface area contributed by atoms with Crippen molar-refractivity contribution in [2.24, 2.45) is 0 Å². The molecule has 0 N–H and O–H groups in total. The van der Waals surface area contributed by atoms with E-state index in [9.17, 15) is 8.78 Å². The third kappa shape index (κ3) is 3.19. The number of benzene rings is 2. The molecule has 0 saturated carbocycles. The van der Waals surface area contributed by atoms with E-state index in [-0.39, 0.29) is 5.56 Å². The Morgan fingerprint density at radius 1 is 0.895 bits per heavy atom. The summed E-state index contributed by atoms with van der Waals surface area (Å²) in [5.41, 5.74) is 2.28.